The van der Waals surface area contributed by atoms with Gasteiger partial charge in [-0.3, -0.25) is 4.79 Å². The van der Waals surface area contributed by atoms with Gasteiger partial charge in [-0.15, -0.1) is 0 Å². The van der Waals surface area contributed by atoms with Gasteiger partial charge in [-0.1, -0.05) is 24.4 Å². The van der Waals surface area contributed by atoms with Crippen molar-refractivity contribution in [3.63, 3.8) is 0 Å². The second kappa shape index (κ2) is 5.95. The van der Waals surface area contributed by atoms with Crippen molar-refractivity contribution in [2.45, 2.75) is 63.0 Å². The maximum atomic E-state index is 12.0. The lowest BCUT2D eigenvalue weighted by molar-refractivity contribution is -0.128. The number of aromatic nitrogens is 1. The minimum atomic E-state index is 0.0248. The van der Waals surface area contributed by atoms with Crippen LogP contribution >= 0.6 is 0 Å². The Morgan fingerprint density at radius 3 is 3.00 bits per heavy atom. The van der Waals surface area contributed by atoms with E-state index in [2.05, 4.69) is 10.5 Å². The molecule has 0 bridgehead atoms. The van der Waals surface area contributed by atoms with Gasteiger partial charge in [0.15, 0.2) is 0 Å². The zero-order valence-corrected chi connectivity index (χ0v) is 11.8. The molecule has 1 spiro atoms. The van der Waals surface area contributed by atoms with E-state index in [4.69, 9.17) is 9.26 Å². The van der Waals surface area contributed by atoms with Gasteiger partial charge in [0.05, 0.1) is 17.7 Å². The van der Waals surface area contributed by atoms with Crippen molar-refractivity contribution < 1.29 is 14.1 Å². The third-order valence-electron chi connectivity index (χ3n) is 4.46. The summed E-state index contributed by atoms with van der Waals surface area (Å²) in [5.74, 6) is 0.0248. The predicted molar refractivity (Wildman–Crippen MR) is 73.1 cm³/mol. The number of amides is 1. The van der Waals surface area contributed by atoms with Crippen LogP contribution in [0.1, 0.15) is 50.6 Å². The van der Waals surface area contributed by atoms with E-state index >= 15 is 0 Å². The zero-order chi connectivity index (χ0) is 13.8. The fourth-order valence-corrected chi connectivity index (χ4v) is 3.47. The van der Waals surface area contributed by atoms with E-state index in [1.807, 2.05) is 0 Å². The molecular formula is C15H22N2O3. The molecule has 1 unspecified atom stereocenters. The van der Waals surface area contributed by atoms with E-state index in [-0.39, 0.29) is 17.6 Å². The van der Waals surface area contributed by atoms with E-state index in [0.717, 1.165) is 32.3 Å². The van der Waals surface area contributed by atoms with Gasteiger partial charge in [-0.2, -0.15) is 0 Å². The number of carbonyl (C=O) groups is 1. The first-order valence-electron chi connectivity index (χ1n) is 7.58. The fraction of sp³-hybridized carbons (Fsp3) is 0.733. The van der Waals surface area contributed by atoms with Crippen LogP contribution in [-0.4, -0.2) is 29.3 Å². The lowest BCUT2D eigenvalue weighted by atomic mass is 9.78. The van der Waals surface area contributed by atoms with Gasteiger partial charge >= 0.3 is 0 Å². The number of hydrogen-bond acceptors (Lipinski definition) is 4. The van der Waals surface area contributed by atoms with Gasteiger partial charge in [0.25, 0.3) is 0 Å². The summed E-state index contributed by atoms with van der Waals surface area (Å²) in [6.07, 6.45) is 9.75. The maximum absolute atomic E-state index is 12.0. The van der Waals surface area contributed by atoms with Crippen LogP contribution in [0, 0.1) is 0 Å². The molecule has 1 aromatic heterocycles. The second-order valence-corrected chi connectivity index (χ2v) is 6.02. The molecule has 0 aromatic carbocycles. The Labute approximate surface area is 119 Å². The molecule has 1 aromatic rings. The third-order valence-corrected chi connectivity index (χ3v) is 4.46. The molecule has 20 heavy (non-hydrogen) atoms. The van der Waals surface area contributed by atoms with Gasteiger partial charge in [0.1, 0.15) is 6.26 Å². The van der Waals surface area contributed by atoms with Gasteiger partial charge in [0.2, 0.25) is 5.91 Å². The van der Waals surface area contributed by atoms with Crippen LogP contribution in [0.15, 0.2) is 16.9 Å². The maximum Gasteiger partial charge on any atom is 0.226 e. The van der Waals surface area contributed by atoms with Crippen molar-refractivity contribution in [2.75, 3.05) is 6.61 Å². The van der Waals surface area contributed by atoms with Gasteiger partial charge in [-0.05, 0) is 25.7 Å². The highest BCUT2D eigenvalue weighted by Crippen LogP contribution is 2.38. The van der Waals surface area contributed by atoms with Crippen LogP contribution < -0.4 is 5.32 Å². The van der Waals surface area contributed by atoms with Crippen molar-refractivity contribution >= 4 is 5.91 Å². The average molecular weight is 278 g/mol. The number of hydrogen-bond donors (Lipinski definition) is 1. The van der Waals surface area contributed by atoms with Crippen LogP contribution in [0.25, 0.3) is 0 Å². The monoisotopic (exact) mass is 278 g/mol. The molecule has 5 nitrogen and oxygen atoms in total. The smallest absolute Gasteiger partial charge is 0.226 e. The summed E-state index contributed by atoms with van der Waals surface area (Å²) >= 11 is 0. The van der Waals surface area contributed by atoms with Crippen LogP contribution in [0.5, 0.6) is 0 Å². The Morgan fingerprint density at radius 1 is 1.40 bits per heavy atom. The van der Waals surface area contributed by atoms with Crippen LogP contribution in [0.4, 0.5) is 0 Å². The van der Waals surface area contributed by atoms with E-state index < -0.39 is 0 Å². The molecule has 2 aliphatic rings. The highest BCUT2D eigenvalue weighted by Gasteiger charge is 2.38. The number of rotatable bonds is 3. The first-order chi connectivity index (χ1) is 9.76. The van der Waals surface area contributed by atoms with Crippen molar-refractivity contribution in [1.82, 2.24) is 10.5 Å². The second-order valence-electron chi connectivity index (χ2n) is 6.02. The highest BCUT2D eigenvalue weighted by atomic mass is 16.5. The molecule has 2 fully saturated rings. The Bertz CT molecular complexity index is 432. The lowest BCUT2D eigenvalue weighted by Crippen LogP contribution is -2.49. The predicted octanol–water partition coefficient (Wildman–Crippen LogP) is 2.22. The first-order valence-corrected chi connectivity index (χ1v) is 7.58. The van der Waals surface area contributed by atoms with Crippen molar-refractivity contribution in [3.8, 4) is 0 Å². The molecule has 1 saturated heterocycles. The largest absolute Gasteiger partial charge is 0.375 e. The highest BCUT2D eigenvalue weighted by molar-refractivity contribution is 5.78. The quantitative estimate of drug-likeness (QED) is 0.920. The molecular weight excluding hydrogens is 256 g/mol. The Kier molecular flexibility index (Phi) is 4.05. The lowest BCUT2D eigenvalue weighted by Gasteiger charge is -2.43. The summed E-state index contributed by atoms with van der Waals surface area (Å²) in [5.41, 5.74) is 0.712. The zero-order valence-electron chi connectivity index (χ0n) is 11.8. The summed E-state index contributed by atoms with van der Waals surface area (Å²) in [4.78, 5) is 12.0. The molecule has 2 heterocycles. The number of nitrogens with one attached hydrogen (secondary N) is 1. The van der Waals surface area contributed by atoms with Gasteiger partial charge in [0, 0.05) is 18.7 Å². The van der Waals surface area contributed by atoms with Crippen LogP contribution in [-0.2, 0) is 16.0 Å². The Hall–Kier alpha value is -1.36. The van der Waals surface area contributed by atoms with Gasteiger partial charge < -0.3 is 14.6 Å². The van der Waals surface area contributed by atoms with Gasteiger partial charge in [-0.25, -0.2) is 0 Å². The van der Waals surface area contributed by atoms with E-state index in [9.17, 15) is 4.79 Å². The third kappa shape index (κ3) is 3.20. The number of carbonyl (C=O) groups excluding carboxylic acids is 1. The van der Waals surface area contributed by atoms with Crippen LogP contribution in [0.3, 0.4) is 0 Å². The summed E-state index contributed by atoms with van der Waals surface area (Å²) in [7, 11) is 0. The molecule has 1 amide bonds. The van der Waals surface area contributed by atoms with E-state index in [0.29, 0.717) is 12.1 Å². The molecule has 0 radical (unpaired) electrons. The fourth-order valence-electron chi connectivity index (χ4n) is 3.47. The summed E-state index contributed by atoms with van der Waals surface area (Å²) < 4.78 is 10.8. The molecule has 1 aliphatic heterocycles. The Morgan fingerprint density at radius 2 is 2.25 bits per heavy atom. The van der Waals surface area contributed by atoms with E-state index in [1.165, 1.54) is 25.5 Å². The molecule has 1 saturated carbocycles. The Balaban J connectivity index is 1.53. The van der Waals surface area contributed by atoms with Crippen molar-refractivity contribution in [2.24, 2.45) is 0 Å². The van der Waals surface area contributed by atoms with E-state index in [1.54, 1.807) is 6.07 Å². The summed E-state index contributed by atoms with van der Waals surface area (Å²) in [6, 6.07) is 1.97. The molecule has 1 aliphatic carbocycles. The van der Waals surface area contributed by atoms with Crippen molar-refractivity contribution in [1.29, 1.82) is 0 Å². The summed E-state index contributed by atoms with van der Waals surface area (Å²) in [5, 5.41) is 6.90. The molecule has 1 N–H and O–H groups in total. The normalized spacial score (nSPS) is 25.5. The number of nitrogens with zero attached hydrogens (tertiary/aromatic N) is 1. The molecule has 1 atom stereocenters. The van der Waals surface area contributed by atoms with Crippen molar-refractivity contribution in [3.05, 3.63) is 18.0 Å². The molecule has 5 heteroatoms. The topological polar surface area (TPSA) is 64.4 Å². The SMILES string of the molecule is O=C(Cc1ccon1)NC1CCOC2(CCCCC2)C1. The average Bonchev–Trinajstić information content (AvgIpc) is 2.92. The molecule has 110 valence electrons. The molecule has 3 rings (SSSR count). The minimum absolute atomic E-state index is 0.0248. The van der Waals surface area contributed by atoms with Crippen LogP contribution in [0.2, 0.25) is 0 Å². The standard InChI is InChI=1S/C15H22N2O3/c18-14(10-12-5-9-20-17-12)16-13-4-8-19-15(11-13)6-2-1-3-7-15/h5,9,13H,1-4,6-8,10-11H2,(H,16,18). The number of ether oxygens (including phenoxy) is 1. The summed E-state index contributed by atoms with van der Waals surface area (Å²) in [6.45, 7) is 0.759. The first kappa shape index (κ1) is 13.6. The minimum Gasteiger partial charge on any atom is -0.375 e.